The Morgan fingerprint density at radius 2 is 2.16 bits per heavy atom. The van der Waals surface area contributed by atoms with Crippen LogP contribution in [0.4, 0.5) is 0 Å². The van der Waals surface area contributed by atoms with Gasteiger partial charge in [0.25, 0.3) is 5.91 Å². The molecule has 0 radical (unpaired) electrons. The number of amides is 2. The van der Waals surface area contributed by atoms with Crippen LogP contribution in [0, 0.1) is 0 Å². The molecule has 1 saturated heterocycles. The molecule has 5 heteroatoms. The summed E-state index contributed by atoms with van der Waals surface area (Å²) < 4.78 is 4.92. The molecule has 1 aromatic rings. The zero-order valence-electron chi connectivity index (χ0n) is 11.2. The fraction of sp³-hybridized carbons (Fsp3) is 0.571. The Morgan fingerprint density at radius 1 is 1.42 bits per heavy atom. The fourth-order valence-electron chi connectivity index (χ4n) is 2.32. The average molecular weight is 264 g/mol. The first kappa shape index (κ1) is 13.6. The molecule has 1 aliphatic heterocycles. The minimum absolute atomic E-state index is 0.00656. The van der Waals surface area contributed by atoms with Gasteiger partial charge in [-0.1, -0.05) is 6.92 Å². The van der Waals surface area contributed by atoms with E-state index in [0.29, 0.717) is 25.1 Å². The van der Waals surface area contributed by atoms with Crippen molar-refractivity contribution in [2.24, 2.45) is 0 Å². The summed E-state index contributed by atoms with van der Waals surface area (Å²) in [6.45, 7) is 3.36. The summed E-state index contributed by atoms with van der Waals surface area (Å²) in [4.78, 5) is 25.4. The second-order valence-corrected chi connectivity index (χ2v) is 4.90. The van der Waals surface area contributed by atoms with E-state index in [1.807, 2.05) is 11.8 Å². The Kier molecular flexibility index (Phi) is 4.60. The number of piperidine rings is 1. The van der Waals surface area contributed by atoms with Crippen LogP contribution in [0.1, 0.15) is 43.0 Å². The van der Waals surface area contributed by atoms with Crippen molar-refractivity contribution in [2.45, 2.75) is 38.6 Å². The highest BCUT2D eigenvalue weighted by atomic mass is 16.3. The monoisotopic (exact) mass is 264 g/mol. The van der Waals surface area contributed by atoms with Gasteiger partial charge in [-0.2, -0.15) is 0 Å². The van der Waals surface area contributed by atoms with E-state index in [0.717, 1.165) is 19.3 Å². The maximum absolute atomic E-state index is 12.1. The third-order valence-electron chi connectivity index (χ3n) is 3.39. The smallest absolute Gasteiger partial charge is 0.257 e. The number of rotatable bonds is 4. The molecule has 0 atom stereocenters. The van der Waals surface area contributed by atoms with Gasteiger partial charge in [0.15, 0.2) is 0 Å². The molecular formula is C14H20N2O3. The highest BCUT2D eigenvalue weighted by molar-refractivity contribution is 5.93. The van der Waals surface area contributed by atoms with Crippen molar-refractivity contribution in [1.82, 2.24) is 10.2 Å². The van der Waals surface area contributed by atoms with Crippen molar-refractivity contribution in [3.05, 3.63) is 24.2 Å². The second-order valence-electron chi connectivity index (χ2n) is 4.90. The van der Waals surface area contributed by atoms with E-state index in [1.54, 1.807) is 6.07 Å². The molecule has 104 valence electrons. The number of nitrogens with zero attached hydrogens (tertiary/aromatic N) is 1. The molecule has 0 unspecified atom stereocenters. The summed E-state index contributed by atoms with van der Waals surface area (Å²) >= 11 is 0. The molecule has 0 aliphatic carbocycles. The number of furan rings is 1. The third-order valence-corrected chi connectivity index (χ3v) is 3.39. The van der Waals surface area contributed by atoms with Crippen LogP contribution in [0.25, 0.3) is 0 Å². The Balaban J connectivity index is 1.79. The van der Waals surface area contributed by atoms with Gasteiger partial charge in [-0.15, -0.1) is 0 Å². The number of likely N-dealkylation sites (tertiary alicyclic amines) is 1. The minimum atomic E-state index is 0.00656. The van der Waals surface area contributed by atoms with E-state index in [9.17, 15) is 9.59 Å². The summed E-state index contributed by atoms with van der Waals surface area (Å²) in [5, 5.41) is 3.02. The molecule has 1 N–H and O–H groups in total. The molecule has 5 nitrogen and oxygen atoms in total. The van der Waals surface area contributed by atoms with Crippen molar-refractivity contribution in [1.29, 1.82) is 0 Å². The molecule has 0 bridgehead atoms. The summed E-state index contributed by atoms with van der Waals surface area (Å²) in [6, 6.07) is 1.88. The quantitative estimate of drug-likeness (QED) is 0.902. The minimum Gasteiger partial charge on any atom is -0.472 e. The van der Waals surface area contributed by atoms with E-state index in [-0.39, 0.29) is 17.9 Å². The van der Waals surface area contributed by atoms with Crippen molar-refractivity contribution < 1.29 is 14.0 Å². The van der Waals surface area contributed by atoms with Crippen LogP contribution in [0.3, 0.4) is 0 Å². The predicted molar refractivity (Wildman–Crippen MR) is 70.7 cm³/mol. The molecule has 0 spiro atoms. The lowest BCUT2D eigenvalue weighted by atomic mass is 10.0. The largest absolute Gasteiger partial charge is 0.472 e. The first-order valence-corrected chi connectivity index (χ1v) is 6.81. The molecule has 2 amide bonds. The number of carbonyl (C=O) groups excluding carboxylic acids is 2. The lowest BCUT2D eigenvalue weighted by Gasteiger charge is -2.32. The highest BCUT2D eigenvalue weighted by Crippen LogP contribution is 2.14. The third kappa shape index (κ3) is 3.59. The molecular weight excluding hydrogens is 244 g/mol. The van der Waals surface area contributed by atoms with Gasteiger partial charge in [0.2, 0.25) is 5.91 Å². The summed E-state index contributed by atoms with van der Waals surface area (Å²) in [6.07, 6.45) is 6.05. The topological polar surface area (TPSA) is 62.6 Å². The molecule has 19 heavy (non-hydrogen) atoms. The Hall–Kier alpha value is -1.78. The van der Waals surface area contributed by atoms with Gasteiger partial charge in [0, 0.05) is 25.6 Å². The Labute approximate surface area is 113 Å². The molecule has 1 aliphatic rings. The van der Waals surface area contributed by atoms with E-state index in [1.165, 1.54) is 12.5 Å². The van der Waals surface area contributed by atoms with Crippen molar-refractivity contribution >= 4 is 11.8 Å². The van der Waals surface area contributed by atoms with Crippen molar-refractivity contribution in [3.8, 4) is 0 Å². The van der Waals surface area contributed by atoms with Gasteiger partial charge >= 0.3 is 0 Å². The van der Waals surface area contributed by atoms with Crippen LogP contribution >= 0.6 is 0 Å². The molecule has 1 fully saturated rings. The number of carbonyl (C=O) groups is 2. The summed E-state index contributed by atoms with van der Waals surface area (Å²) in [7, 11) is 0. The Bertz CT molecular complexity index is 420. The molecule has 2 rings (SSSR count). The van der Waals surface area contributed by atoms with E-state index in [4.69, 9.17) is 4.42 Å². The number of hydrogen-bond donors (Lipinski definition) is 1. The normalized spacial score (nSPS) is 16.4. The second kappa shape index (κ2) is 6.41. The SMILES string of the molecule is CCCC(=O)NC1CCN(C(=O)c2ccoc2)CC1. The van der Waals surface area contributed by atoms with E-state index >= 15 is 0 Å². The molecule has 2 heterocycles. The van der Waals surface area contributed by atoms with Gasteiger partial charge in [-0.05, 0) is 25.3 Å². The summed E-state index contributed by atoms with van der Waals surface area (Å²) in [5.41, 5.74) is 0.591. The lowest BCUT2D eigenvalue weighted by molar-refractivity contribution is -0.122. The van der Waals surface area contributed by atoms with Gasteiger partial charge in [0.1, 0.15) is 6.26 Å². The Morgan fingerprint density at radius 3 is 2.74 bits per heavy atom. The maximum Gasteiger partial charge on any atom is 0.257 e. The zero-order valence-corrected chi connectivity index (χ0v) is 11.2. The fourth-order valence-corrected chi connectivity index (χ4v) is 2.32. The number of nitrogens with one attached hydrogen (secondary N) is 1. The average Bonchev–Trinajstić information content (AvgIpc) is 2.93. The highest BCUT2D eigenvalue weighted by Gasteiger charge is 2.24. The van der Waals surface area contributed by atoms with Crippen LogP contribution in [-0.2, 0) is 4.79 Å². The first-order chi connectivity index (χ1) is 9.20. The van der Waals surface area contributed by atoms with Gasteiger partial charge in [0.05, 0.1) is 11.8 Å². The van der Waals surface area contributed by atoms with Crippen LogP contribution < -0.4 is 5.32 Å². The van der Waals surface area contributed by atoms with Crippen LogP contribution in [-0.4, -0.2) is 35.8 Å². The van der Waals surface area contributed by atoms with Gasteiger partial charge < -0.3 is 14.6 Å². The zero-order chi connectivity index (χ0) is 13.7. The van der Waals surface area contributed by atoms with E-state index < -0.39 is 0 Å². The summed E-state index contributed by atoms with van der Waals surface area (Å²) in [5.74, 6) is 0.120. The molecule has 0 saturated carbocycles. The lowest BCUT2D eigenvalue weighted by Crippen LogP contribution is -2.46. The first-order valence-electron chi connectivity index (χ1n) is 6.81. The van der Waals surface area contributed by atoms with Crippen molar-refractivity contribution in [3.63, 3.8) is 0 Å². The van der Waals surface area contributed by atoms with Gasteiger partial charge in [-0.25, -0.2) is 0 Å². The van der Waals surface area contributed by atoms with Crippen LogP contribution in [0.2, 0.25) is 0 Å². The van der Waals surface area contributed by atoms with Crippen LogP contribution in [0.5, 0.6) is 0 Å². The standard InChI is InChI=1S/C14H20N2O3/c1-2-3-13(17)15-12-4-7-16(8-5-12)14(18)11-6-9-19-10-11/h6,9-10,12H,2-5,7-8H2,1H3,(H,15,17). The number of hydrogen-bond acceptors (Lipinski definition) is 3. The maximum atomic E-state index is 12.1. The van der Waals surface area contributed by atoms with Crippen LogP contribution in [0.15, 0.2) is 23.0 Å². The molecule has 0 aromatic carbocycles. The molecule has 1 aromatic heterocycles. The van der Waals surface area contributed by atoms with E-state index in [2.05, 4.69) is 5.32 Å². The predicted octanol–water partition coefficient (Wildman–Crippen LogP) is 1.80. The van der Waals surface area contributed by atoms with Gasteiger partial charge in [-0.3, -0.25) is 9.59 Å². The van der Waals surface area contributed by atoms with Crippen molar-refractivity contribution in [2.75, 3.05) is 13.1 Å².